The molecule has 1 aromatic carbocycles. The first-order chi connectivity index (χ1) is 11.1. The van der Waals surface area contributed by atoms with Crippen LogP contribution in [0.5, 0.6) is 0 Å². The minimum atomic E-state index is -0.222. The van der Waals surface area contributed by atoms with E-state index in [1.54, 1.807) is 4.90 Å². The van der Waals surface area contributed by atoms with Crippen LogP contribution in [0.2, 0.25) is 0 Å². The zero-order valence-corrected chi connectivity index (χ0v) is 14.8. The average molecular weight is 352 g/mol. The second-order valence-corrected chi connectivity index (χ2v) is 6.75. The highest BCUT2D eigenvalue weighted by Crippen LogP contribution is 2.21. The van der Waals surface area contributed by atoms with Gasteiger partial charge in [0.15, 0.2) is 0 Å². The third-order valence-electron chi connectivity index (χ3n) is 4.96. The highest BCUT2D eigenvalue weighted by molar-refractivity contribution is 5.89. The van der Waals surface area contributed by atoms with Crippen LogP contribution < -0.4 is 10.6 Å². The van der Waals surface area contributed by atoms with Gasteiger partial charge in [-0.1, -0.05) is 37.3 Å². The second kappa shape index (κ2) is 8.49. The number of nitrogens with zero attached hydrogens (tertiary/aromatic N) is 1. The molecular formula is C18H26ClN3O2. The number of hydrogen-bond acceptors (Lipinski definition) is 3. The van der Waals surface area contributed by atoms with E-state index < -0.39 is 0 Å². The van der Waals surface area contributed by atoms with Crippen LogP contribution in [0.4, 0.5) is 0 Å². The van der Waals surface area contributed by atoms with Crippen LogP contribution in [0.25, 0.3) is 0 Å². The topological polar surface area (TPSA) is 61.4 Å². The zero-order chi connectivity index (χ0) is 16.2. The molecule has 132 valence electrons. The van der Waals surface area contributed by atoms with Crippen molar-refractivity contribution < 1.29 is 9.59 Å². The average Bonchev–Trinajstić information content (AvgIpc) is 2.92. The molecule has 2 aliphatic rings. The van der Waals surface area contributed by atoms with E-state index in [0.717, 1.165) is 25.1 Å². The van der Waals surface area contributed by atoms with Crippen molar-refractivity contribution in [2.45, 2.75) is 32.4 Å². The molecule has 0 spiro atoms. The standard InChI is InChI=1S/C18H25N3O2.ClH/c1-13-7-8-19-10-16(13)20-18(23)15-9-17(22)21(12-15)11-14-5-3-2-4-6-14;/h2-6,13,15-16,19H,7-12H2,1H3,(H,20,23);1H. The Bertz CT molecular complexity index is 567. The lowest BCUT2D eigenvalue weighted by Crippen LogP contribution is -2.51. The van der Waals surface area contributed by atoms with Gasteiger partial charge in [0.2, 0.25) is 11.8 Å². The number of carbonyl (C=O) groups is 2. The lowest BCUT2D eigenvalue weighted by atomic mass is 9.94. The minimum absolute atomic E-state index is 0. The van der Waals surface area contributed by atoms with E-state index in [1.165, 1.54) is 0 Å². The Labute approximate surface area is 149 Å². The summed E-state index contributed by atoms with van der Waals surface area (Å²) in [6.45, 7) is 5.12. The largest absolute Gasteiger partial charge is 0.352 e. The minimum Gasteiger partial charge on any atom is -0.352 e. The molecule has 1 aromatic rings. The fraction of sp³-hybridized carbons (Fsp3) is 0.556. The van der Waals surface area contributed by atoms with E-state index in [4.69, 9.17) is 0 Å². The van der Waals surface area contributed by atoms with E-state index >= 15 is 0 Å². The third-order valence-corrected chi connectivity index (χ3v) is 4.96. The monoisotopic (exact) mass is 351 g/mol. The maximum atomic E-state index is 12.5. The van der Waals surface area contributed by atoms with Gasteiger partial charge in [-0.05, 0) is 24.4 Å². The molecule has 0 aliphatic carbocycles. The lowest BCUT2D eigenvalue weighted by Gasteiger charge is -2.31. The van der Waals surface area contributed by atoms with Crippen LogP contribution >= 0.6 is 12.4 Å². The summed E-state index contributed by atoms with van der Waals surface area (Å²) in [5, 5.41) is 6.45. The van der Waals surface area contributed by atoms with Crippen LogP contribution in [-0.4, -0.2) is 42.4 Å². The quantitative estimate of drug-likeness (QED) is 0.865. The van der Waals surface area contributed by atoms with Gasteiger partial charge in [-0.25, -0.2) is 0 Å². The van der Waals surface area contributed by atoms with E-state index in [1.807, 2.05) is 30.3 Å². The summed E-state index contributed by atoms with van der Waals surface area (Å²) in [5.74, 6) is 0.358. The van der Waals surface area contributed by atoms with Crippen molar-refractivity contribution in [3.05, 3.63) is 35.9 Å². The van der Waals surface area contributed by atoms with Crippen molar-refractivity contribution in [2.75, 3.05) is 19.6 Å². The summed E-state index contributed by atoms with van der Waals surface area (Å²) in [4.78, 5) is 26.5. The normalized spacial score (nSPS) is 26.8. The van der Waals surface area contributed by atoms with Gasteiger partial charge in [-0.15, -0.1) is 12.4 Å². The van der Waals surface area contributed by atoms with Crippen molar-refractivity contribution in [3.63, 3.8) is 0 Å². The number of likely N-dealkylation sites (tertiary alicyclic amines) is 1. The molecule has 2 aliphatic heterocycles. The fourth-order valence-electron chi connectivity index (χ4n) is 3.39. The maximum absolute atomic E-state index is 12.5. The Hall–Kier alpha value is -1.59. The van der Waals surface area contributed by atoms with Crippen molar-refractivity contribution >= 4 is 24.2 Å². The molecule has 6 heteroatoms. The molecule has 24 heavy (non-hydrogen) atoms. The van der Waals surface area contributed by atoms with Crippen molar-refractivity contribution in [2.24, 2.45) is 11.8 Å². The van der Waals surface area contributed by atoms with E-state index in [0.29, 0.717) is 25.4 Å². The second-order valence-electron chi connectivity index (χ2n) is 6.75. The predicted molar refractivity (Wildman–Crippen MR) is 95.8 cm³/mol. The molecule has 5 nitrogen and oxygen atoms in total. The number of halogens is 1. The molecule has 0 bridgehead atoms. The number of hydrogen-bond donors (Lipinski definition) is 2. The van der Waals surface area contributed by atoms with Gasteiger partial charge in [0.25, 0.3) is 0 Å². The molecule has 2 heterocycles. The fourth-order valence-corrected chi connectivity index (χ4v) is 3.39. The first kappa shape index (κ1) is 18.7. The van der Waals surface area contributed by atoms with Gasteiger partial charge in [0.05, 0.1) is 5.92 Å². The van der Waals surface area contributed by atoms with Crippen LogP contribution in [0.15, 0.2) is 30.3 Å². The first-order valence-corrected chi connectivity index (χ1v) is 8.46. The van der Waals surface area contributed by atoms with Gasteiger partial charge in [0, 0.05) is 32.1 Å². The predicted octanol–water partition coefficient (Wildman–Crippen LogP) is 1.57. The lowest BCUT2D eigenvalue weighted by molar-refractivity contribution is -0.129. The summed E-state index contributed by atoms with van der Waals surface area (Å²) in [6.07, 6.45) is 1.40. The van der Waals surface area contributed by atoms with Gasteiger partial charge in [-0.3, -0.25) is 9.59 Å². The van der Waals surface area contributed by atoms with Crippen molar-refractivity contribution in [1.82, 2.24) is 15.5 Å². The molecular weight excluding hydrogens is 326 g/mol. The molecule has 2 saturated heterocycles. The molecule has 3 atom stereocenters. The number of benzene rings is 1. The van der Waals surface area contributed by atoms with Gasteiger partial charge in [0.1, 0.15) is 0 Å². The number of rotatable bonds is 4. The number of amides is 2. The number of carbonyl (C=O) groups excluding carboxylic acids is 2. The van der Waals surface area contributed by atoms with Crippen LogP contribution in [-0.2, 0) is 16.1 Å². The SMILES string of the molecule is CC1CCNCC1NC(=O)C1CC(=O)N(Cc2ccccc2)C1.Cl. The Morgan fingerprint density at radius 3 is 2.79 bits per heavy atom. The zero-order valence-electron chi connectivity index (χ0n) is 14.0. The molecule has 3 rings (SSSR count). The third kappa shape index (κ3) is 4.48. The number of nitrogens with one attached hydrogen (secondary N) is 2. The molecule has 2 N–H and O–H groups in total. The molecule has 0 radical (unpaired) electrons. The van der Waals surface area contributed by atoms with Gasteiger partial charge < -0.3 is 15.5 Å². The van der Waals surface area contributed by atoms with Crippen LogP contribution in [0.1, 0.15) is 25.3 Å². The summed E-state index contributed by atoms with van der Waals surface area (Å²) < 4.78 is 0. The summed E-state index contributed by atoms with van der Waals surface area (Å²) >= 11 is 0. The Kier molecular flexibility index (Phi) is 6.63. The van der Waals surface area contributed by atoms with Crippen LogP contribution in [0.3, 0.4) is 0 Å². The first-order valence-electron chi connectivity index (χ1n) is 8.46. The molecule has 2 fully saturated rings. The Balaban J connectivity index is 0.00000208. The van der Waals surface area contributed by atoms with E-state index in [-0.39, 0.29) is 36.2 Å². The molecule has 3 unspecified atom stereocenters. The number of piperidine rings is 1. The molecule has 0 aromatic heterocycles. The van der Waals surface area contributed by atoms with Crippen molar-refractivity contribution in [1.29, 1.82) is 0 Å². The smallest absolute Gasteiger partial charge is 0.225 e. The highest BCUT2D eigenvalue weighted by atomic mass is 35.5. The van der Waals surface area contributed by atoms with Crippen molar-refractivity contribution in [3.8, 4) is 0 Å². The van der Waals surface area contributed by atoms with E-state index in [9.17, 15) is 9.59 Å². The highest BCUT2D eigenvalue weighted by Gasteiger charge is 2.35. The maximum Gasteiger partial charge on any atom is 0.225 e. The molecule has 2 amide bonds. The summed E-state index contributed by atoms with van der Waals surface area (Å²) in [7, 11) is 0. The van der Waals surface area contributed by atoms with Gasteiger partial charge in [-0.2, -0.15) is 0 Å². The van der Waals surface area contributed by atoms with Crippen LogP contribution in [0, 0.1) is 11.8 Å². The molecule has 0 saturated carbocycles. The van der Waals surface area contributed by atoms with Gasteiger partial charge >= 0.3 is 0 Å². The summed E-state index contributed by atoms with van der Waals surface area (Å²) in [5.41, 5.74) is 1.10. The Morgan fingerprint density at radius 2 is 2.08 bits per heavy atom. The summed E-state index contributed by atoms with van der Waals surface area (Å²) in [6, 6.07) is 10.1. The Morgan fingerprint density at radius 1 is 1.33 bits per heavy atom. The van der Waals surface area contributed by atoms with E-state index in [2.05, 4.69) is 17.6 Å².